The number of nitrogens with zero attached hydrogens (tertiary/aromatic N) is 1. The molecule has 0 unspecified atom stereocenters. The van der Waals surface area contributed by atoms with Gasteiger partial charge in [-0.15, -0.1) is 0 Å². The molecule has 132 valence electrons. The summed E-state index contributed by atoms with van der Waals surface area (Å²) in [6, 6.07) is 4.93. The van der Waals surface area contributed by atoms with E-state index < -0.39 is 20.9 Å². The van der Waals surface area contributed by atoms with Crippen LogP contribution in [0.25, 0.3) is 0 Å². The summed E-state index contributed by atoms with van der Waals surface area (Å²) in [5, 5.41) is -0.588. The zero-order valence-corrected chi connectivity index (χ0v) is 14.8. The number of hydrogen-bond donors (Lipinski definition) is 0. The largest absolute Gasteiger partial charge is 0.341 e. The van der Waals surface area contributed by atoms with Crippen molar-refractivity contribution in [1.29, 1.82) is 0 Å². The monoisotopic (exact) mass is 353 g/mol. The molecule has 1 atom stereocenters. The van der Waals surface area contributed by atoms with Crippen LogP contribution in [0.1, 0.15) is 39.0 Å². The average molecular weight is 353 g/mol. The normalized spacial score (nSPS) is 28.1. The molecule has 1 aromatic rings. The molecule has 0 spiro atoms. The summed E-state index contributed by atoms with van der Waals surface area (Å²) in [4.78, 5) is 14.5. The van der Waals surface area contributed by atoms with Gasteiger partial charge in [0.2, 0.25) is 5.91 Å². The van der Waals surface area contributed by atoms with Gasteiger partial charge in [0.1, 0.15) is 5.82 Å². The maximum absolute atomic E-state index is 13.0. The summed E-state index contributed by atoms with van der Waals surface area (Å²) >= 11 is 0. The van der Waals surface area contributed by atoms with Gasteiger partial charge in [0.15, 0.2) is 9.84 Å². The topological polar surface area (TPSA) is 54.5 Å². The number of carbonyl (C=O) groups excluding carboxylic acids is 1. The van der Waals surface area contributed by atoms with Crippen LogP contribution in [0.2, 0.25) is 0 Å². The molecule has 0 radical (unpaired) electrons. The zero-order valence-electron chi connectivity index (χ0n) is 13.9. The van der Waals surface area contributed by atoms with Crippen LogP contribution in [0, 0.1) is 17.7 Å². The maximum Gasteiger partial charge on any atom is 0.225 e. The standard InChI is InChI=1S/C18H24FNO3S/c1-13-2-4-14(5-3-13)18(21)20-11-10-17(12-20)24(22,23)16-8-6-15(19)7-9-16/h6-9,13-14,17H,2-5,10-12H2,1H3/t13?,14?,17-/m0/s1. The Morgan fingerprint density at radius 2 is 1.71 bits per heavy atom. The van der Waals surface area contributed by atoms with Gasteiger partial charge >= 0.3 is 0 Å². The van der Waals surface area contributed by atoms with Crippen molar-refractivity contribution in [3.63, 3.8) is 0 Å². The Labute approximate surface area is 143 Å². The van der Waals surface area contributed by atoms with Crippen LogP contribution in [-0.4, -0.2) is 37.6 Å². The molecule has 6 heteroatoms. The molecule has 1 aliphatic heterocycles. The molecule has 2 aliphatic rings. The van der Waals surface area contributed by atoms with Crippen LogP contribution in [-0.2, 0) is 14.6 Å². The molecule has 1 saturated heterocycles. The Bertz CT molecular complexity index is 693. The molecular weight excluding hydrogens is 329 g/mol. The number of halogens is 1. The van der Waals surface area contributed by atoms with Crippen molar-refractivity contribution < 1.29 is 17.6 Å². The summed E-state index contributed by atoms with van der Waals surface area (Å²) in [6.07, 6.45) is 4.41. The van der Waals surface area contributed by atoms with E-state index in [2.05, 4.69) is 6.92 Å². The second kappa shape index (κ2) is 6.82. The summed E-state index contributed by atoms with van der Waals surface area (Å²) in [5.41, 5.74) is 0. The Hall–Kier alpha value is -1.43. The van der Waals surface area contributed by atoms with Gasteiger partial charge in [0.25, 0.3) is 0 Å². The van der Waals surface area contributed by atoms with Gasteiger partial charge in [-0.3, -0.25) is 4.79 Å². The van der Waals surface area contributed by atoms with E-state index in [1.165, 1.54) is 12.1 Å². The first kappa shape index (κ1) is 17.4. The number of hydrogen-bond acceptors (Lipinski definition) is 3. The van der Waals surface area contributed by atoms with Crippen molar-refractivity contribution in [1.82, 2.24) is 4.90 Å². The molecular formula is C18H24FNO3S. The first-order chi connectivity index (χ1) is 11.4. The minimum atomic E-state index is -3.52. The van der Waals surface area contributed by atoms with Crippen molar-refractivity contribution in [3.05, 3.63) is 30.1 Å². The third kappa shape index (κ3) is 3.48. The third-order valence-electron chi connectivity index (χ3n) is 5.40. The van der Waals surface area contributed by atoms with Gasteiger partial charge in [0.05, 0.1) is 10.1 Å². The van der Waals surface area contributed by atoms with Crippen LogP contribution >= 0.6 is 0 Å². The zero-order chi connectivity index (χ0) is 17.3. The summed E-state index contributed by atoms with van der Waals surface area (Å²) in [7, 11) is -3.52. The number of sulfone groups is 1. The average Bonchev–Trinajstić information content (AvgIpc) is 3.06. The first-order valence-electron chi connectivity index (χ1n) is 8.66. The van der Waals surface area contributed by atoms with Crippen LogP contribution in [0.5, 0.6) is 0 Å². The Morgan fingerprint density at radius 1 is 1.08 bits per heavy atom. The molecule has 0 bridgehead atoms. The fourth-order valence-electron chi connectivity index (χ4n) is 3.76. The number of rotatable bonds is 3. The highest BCUT2D eigenvalue weighted by Crippen LogP contribution is 2.32. The van der Waals surface area contributed by atoms with Gasteiger partial charge in [-0.2, -0.15) is 0 Å². The van der Waals surface area contributed by atoms with E-state index in [0.717, 1.165) is 37.8 Å². The lowest BCUT2D eigenvalue weighted by Crippen LogP contribution is -2.37. The van der Waals surface area contributed by atoms with Gasteiger partial charge < -0.3 is 4.90 Å². The Balaban J connectivity index is 1.66. The van der Waals surface area contributed by atoms with Gasteiger partial charge in [-0.25, -0.2) is 12.8 Å². The van der Waals surface area contributed by atoms with Crippen LogP contribution in [0.15, 0.2) is 29.2 Å². The lowest BCUT2D eigenvalue weighted by atomic mass is 9.82. The molecule has 1 aliphatic carbocycles. The smallest absolute Gasteiger partial charge is 0.225 e. The third-order valence-corrected chi connectivity index (χ3v) is 7.59. The van der Waals surface area contributed by atoms with Crippen LogP contribution in [0.3, 0.4) is 0 Å². The van der Waals surface area contributed by atoms with Crippen molar-refractivity contribution in [2.75, 3.05) is 13.1 Å². The highest BCUT2D eigenvalue weighted by molar-refractivity contribution is 7.92. The molecule has 24 heavy (non-hydrogen) atoms. The fourth-order valence-corrected chi connectivity index (χ4v) is 5.46. The molecule has 1 saturated carbocycles. The predicted molar refractivity (Wildman–Crippen MR) is 89.7 cm³/mol. The second-order valence-corrected chi connectivity index (χ2v) is 9.38. The first-order valence-corrected chi connectivity index (χ1v) is 10.2. The number of amides is 1. The van der Waals surface area contributed by atoms with Crippen molar-refractivity contribution in [3.8, 4) is 0 Å². The Kier molecular flexibility index (Phi) is 4.95. The van der Waals surface area contributed by atoms with Gasteiger partial charge in [0, 0.05) is 19.0 Å². The molecule has 0 aromatic heterocycles. The molecule has 1 aromatic carbocycles. The van der Waals surface area contributed by atoms with Crippen molar-refractivity contribution in [2.24, 2.45) is 11.8 Å². The van der Waals surface area contributed by atoms with Crippen LogP contribution < -0.4 is 0 Å². The molecule has 1 heterocycles. The molecule has 0 N–H and O–H groups in total. The van der Waals surface area contributed by atoms with E-state index >= 15 is 0 Å². The van der Waals surface area contributed by atoms with Crippen LogP contribution in [0.4, 0.5) is 4.39 Å². The number of carbonyl (C=O) groups is 1. The SMILES string of the molecule is CC1CCC(C(=O)N2CC[C@H](S(=O)(=O)c3ccc(F)cc3)C2)CC1. The van der Waals surface area contributed by atoms with E-state index in [0.29, 0.717) is 18.9 Å². The Morgan fingerprint density at radius 3 is 2.33 bits per heavy atom. The van der Waals surface area contributed by atoms with Crippen molar-refractivity contribution in [2.45, 2.75) is 49.2 Å². The summed E-state index contributed by atoms with van der Waals surface area (Å²) < 4.78 is 38.4. The minimum Gasteiger partial charge on any atom is -0.341 e. The molecule has 4 nitrogen and oxygen atoms in total. The van der Waals surface area contributed by atoms with E-state index in [4.69, 9.17) is 0 Å². The number of benzene rings is 1. The molecule has 2 fully saturated rings. The quantitative estimate of drug-likeness (QED) is 0.785. The molecule has 1 amide bonds. The van der Waals surface area contributed by atoms with E-state index in [1.54, 1.807) is 4.90 Å². The highest BCUT2D eigenvalue weighted by Gasteiger charge is 2.38. The summed E-state index contributed by atoms with van der Waals surface area (Å²) in [5.74, 6) is 0.384. The van der Waals surface area contributed by atoms with E-state index in [9.17, 15) is 17.6 Å². The summed E-state index contributed by atoms with van der Waals surface area (Å²) in [6.45, 7) is 2.96. The molecule has 3 rings (SSSR count). The van der Waals surface area contributed by atoms with E-state index in [1.807, 2.05) is 0 Å². The lowest BCUT2D eigenvalue weighted by molar-refractivity contribution is -0.135. The lowest BCUT2D eigenvalue weighted by Gasteiger charge is -2.29. The highest BCUT2D eigenvalue weighted by atomic mass is 32.2. The van der Waals surface area contributed by atoms with Gasteiger partial charge in [-0.05, 0) is 62.3 Å². The predicted octanol–water partition coefficient (Wildman–Crippen LogP) is 3.03. The van der Waals surface area contributed by atoms with Crippen molar-refractivity contribution >= 4 is 15.7 Å². The maximum atomic E-state index is 13.0. The second-order valence-electron chi connectivity index (χ2n) is 7.15. The minimum absolute atomic E-state index is 0.0495. The number of likely N-dealkylation sites (tertiary alicyclic amines) is 1. The van der Waals surface area contributed by atoms with E-state index in [-0.39, 0.29) is 23.3 Å². The fraction of sp³-hybridized carbons (Fsp3) is 0.611. The van der Waals surface area contributed by atoms with Gasteiger partial charge in [-0.1, -0.05) is 6.92 Å².